The Hall–Kier alpha value is -2.71. The summed E-state index contributed by atoms with van der Waals surface area (Å²) in [5, 5.41) is 190. The Labute approximate surface area is 431 Å². The van der Waals surface area contributed by atoms with Gasteiger partial charge in [-0.3, -0.25) is 14.4 Å². The maximum Gasteiger partial charge on any atom is 0.217 e. The third kappa shape index (κ3) is 13.5. The van der Waals surface area contributed by atoms with E-state index in [4.69, 9.17) is 52.1 Å². The van der Waals surface area contributed by atoms with Crippen LogP contribution >= 0.6 is 0 Å². The highest BCUT2D eigenvalue weighted by atomic mass is 16.8. The van der Waals surface area contributed by atoms with Gasteiger partial charge < -0.3 is 155 Å². The van der Waals surface area contributed by atoms with E-state index >= 15 is 0 Å². The molecule has 6 saturated heterocycles. The second kappa shape index (κ2) is 27.2. The summed E-state index contributed by atoms with van der Waals surface area (Å²) in [6.07, 6.45) is -51.0. The Balaban J connectivity index is 1.21. The average Bonchev–Trinajstić information content (AvgIpc) is 3.38. The summed E-state index contributed by atoms with van der Waals surface area (Å²) >= 11 is 0. The van der Waals surface area contributed by atoms with Crippen LogP contribution in [0.1, 0.15) is 20.8 Å². The molecule has 0 radical (unpaired) electrons. The quantitative estimate of drug-likeness (QED) is 0.0571. The van der Waals surface area contributed by atoms with Gasteiger partial charge in [-0.1, -0.05) is 0 Å². The molecule has 6 rings (SSSR count). The van der Waals surface area contributed by atoms with Crippen molar-refractivity contribution in [3.63, 3.8) is 0 Å². The van der Waals surface area contributed by atoms with Gasteiger partial charge in [0.15, 0.2) is 37.7 Å². The number of aliphatic hydroxyl groups excluding tert-OH is 17. The molecule has 0 saturated carbocycles. The third-order valence-electron chi connectivity index (χ3n) is 13.6. The number of hydrogen-bond acceptors (Lipinski definition) is 31. The fraction of sp³-hybridized carbons (Fsp3) is 0.929. The Morgan fingerprint density at radius 2 is 0.605 bits per heavy atom. The smallest absolute Gasteiger partial charge is 0.217 e. The first kappa shape index (κ1) is 62.5. The van der Waals surface area contributed by atoms with E-state index in [2.05, 4.69) is 16.0 Å². The summed E-state index contributed by atoms with van der Waals surface area (Å²) < 4.78 is 62.9. The number of carbonyl (C=O) groups excluding carboxylic acids is 3. The average molecular weight is 1110 g/mol. The SMILES string of the molecule is CC(=O)N[C@H]1[C@H](O[C@H]2[C@@H](O)[C@@H](CO)O[C@@H](O[C@H]3[C@H](O)[C@@H](NC(C)=O)[C@H](O[C@H]4[C@@H](O)[C@@H](CO)O[C@@H](O[C@H]5[C@@H](O)[C@@H](CO)OC(O)[C@@H]5NC(C)=O)[C@@H]4O)O[C@@H]3CO)[C@@H]2O)O[C@H](CO)[C@@H](O[C@@H]2O[C@H](CO)[C@H](O)[C@H](O)[C@H]2O)[C@@H]1O. The number of hydrogen-bond donors (Lipinski definition) is 20. The summed E-state index contributed by atoms with van der Waals surface area (Å²) in [5.41, 5.74) is 0. The van der Waals surface area contributed by atoms with Crippen molar-refractivity contribution in [1.82, 2.24) is 16.0 Å². The molecule has 34 heteroatoms. The molecule has 6 aliphatic heterocycles. The van der Waals surface area contributed by atoms with E-state index in [-0.39, 0.29) is 0 Å². The molecule has 34 nitrogen and oxygen atoms in total. The largest absolute Gasteiger partial charge is 0.394 e. The molecule has 6 heterocycles. The minimum absolute atomic E-state index is 0.739. The van der Waals surface area contributed by atoms with Crippen molar-refractivity contribution in [3.8, 4) is 0 Å². The monoisotopic (exact) mass is 1110 g/mol. The molecular formula is C42H71N3O31. The first-order valence-corrected chi connectivity index (χ1v) is 24.1. The zero-order valence-electron chi connectivity index (χ0n) is 40.9. The molecule has 3 amide bonds. The summed E-state index contributed by atoms with van der Waals surface area (Å²) in [4.78, 5) is 37.2. The molecule has 0 aromatic rings. The lowest BCUT2D eigenvalue weighted by molar-refractivity contribution is -0.385. The molecule has 1 unspecified atom stereocenters. The standard InChI is InChI=1S/C42H71N3O31/c1-10(52)43-19-26(59)32(72-40-29(62)28(61)22(55)13(4-46)67-40)17(8-50)70-38(19)75-35-24(57)15(6-48)68-41(30(35)63)73-33-18(9-51)71-39(20(27(33)60)44-11(2)53)76-36-25(58)16(7-49)69-42(31(36)64)74-34-21(45-12(3)54)37(65)66-14(5-47)23(34)56/h13-42,46-51,55-65H,4-9H2,1-3H3,(H,43,52)(H,44,53)(H,45,54)/t13-,14-,15-,16-,17-,18-,19-,20-,21-,22+,23+,24+,25+,26-,27-,28+,29-,30-,31-,32-,33-,34-,35+,36+,37?,38+,39+,40+,41+,42+/m1/s1. The molecule has 76 heavy (non-hydrogen) atoms. The van der Waals surface area contributed by atoms with Crippen LogP contribution in [0.4, 0.5) is 0 Å². The fourth-order valence-electron chi connectivity index (χ4n) is 9.72. The second-order valence-corrected chi connectivity index (χ2v) is 19.0. The van der Waals surface area contributed by atoms with E-state index in [1.807, 2.05) is 0 Å². The number of amides is 3. The first-order chi connectivity index (χ1) is 35.9. The van der Waals surface area contributed by atoms with Crippen molar-refractivity contribution in [2.75, 3.05) is 39.6 Å². The molecule has 6 aliphatic rings. The molecule has 0 aromatic heterocycles. The zero-order valence-corrected chi connectivity index (χ0v) is 40.9. The van der Waals surface area contributed by atoms with E-state index in [1.54, 1.807) is 0 Å². The minimum Gasteiger partial charge on any atom is -0.394 e. The number of nitrogens with one attached hydrogen (secondary N) is 3. The lowest BCUT2D eigenvalue weighted by Gasteiger charge is -2.51. The Bertz CT molecular complexity index is 1870. The fourth-order valence-corrected chi connectivity index (χ4v) is 9.72. The Morgan fingerprint density at radius 1 is 0.316 bits per heavy atom. The summed E-state index contributed by atoms with van der Waals surface area (Å²) in [6, 6.07) is -5.11. The molecule has 0 bridgehead atoms. The molecule has 30 atom stereocenters. The van der Waals surface area contributed by atoms with Crippen LogP contribution in [-0.4, -0.2) is 328 Å². The van der Waals surface area contributed by atoms with E-state index in [1.165, 1.54) is 0 Å². The van der Waals surface area contributed by atoms with Gasteiger partial charge in [-0.15, -0.1) is 0 Å². The van der Waals surface area contributed by atoms with Crippen molar-refractivity contribution in [1.29, 1.82) is 0 Å². The summed E-state index contributed by atoms with van der Waals surface area (Å²) in [6.45, 7) is -2.75. The predicted octanol–water partition coefficient (Wildman–Crippen LogP) is -13.7. The number of ether oxygens (including phenoxy) is 11. The Kier molecular flexibility index (Phi) is 22.3. The van der Waals surface area contributed by atoms with Crippen LogP contribution in [0, 0.1) is 0 Å². The van der Waals surface area contributed by atoms with Gasteiger partial charge in [0.2, 0.25) is 17.7 Å². The van der Waals surface area contributed by atoms with Crippen LogP contribution in [0.25, 0.3) is 0 Å². The molecule has 6 fully saturated rings. The molecule has 0 spiro atoms. The number of rotatable bonds is 19. The minimum atomic E-state index is -2.22. The van der Waals surface area contributed by atoms with Gasteiger partial charge in [0.1, 0.15) is 146 Å². The van der Waals surface area contributed by atoms with Gasteiger partial charge in [-0.2, -0.15) is 0 Å². The van der Waals surface area contributed by atoms with Gasteiger partial charge in [-0.05, 0) is 0 Å². The van der Waals surface area contributed by atoms with E-state index in [0.717, 1.165) is 20.8 Å². The van der Waals surface area contributed by atoms with Crippen LogP contribution < -0.4 is 16.0 Å². The lowest BCUT2D eigenvalue weighted by atomic mass is 9.93. The highest BCUT2D eigenvalue weighted by Gasteiger charge is 2.58. The van der Waals surface area contributed by atoms with E-state index in [9.17, 15) is 101 Å². The summed E-state index contributed by atoms with van der Waals surface area (Å²) in [7, 11) is 0. The van der Waals surface area contributed by atoms with Gasteiger partial charge >= 0.3 is 0 Å². The highest BCUT2D eigenvalue weighted by molar-refractivity contribution is 5.74. The van der Waals surface area contributed by atoms with Crippen molar-refractivity contribution < 1.29 is 153 Å². The molecule has 0 aromatic carbocycles. The summed E-state index contributed by atoms with van der Waals surface area (Å²) in [5.74, 6) is -2.44. The van der Waals surface area contributed by atoms with Gasteiger partial charge in [-0.25, -0.2) is 0 Å². The first-order valence-electron chi connectivity index (χ1n) is 24.1. The topological polar surface area (TPSA) is 533 Å². The molecular weight excluding hydrogens is 1040 g/mol. The van der Waals surface area contributed by atoms with Crippen LogP contribution in [-0.2, 0) is 66.5 Å². The van der Waals surface area contributed by atoms with Crippen molar-refractivity contribution in [2.24, 2.45) is 0 Å². The van der Waals surface area contributed by atoms with Gasteiger partial charge in [0.25, 0.3) is 0 Å². The predicted molar refractivity (Wildman–Crippen MR) is 234 cm³/mol. The molecule has 0 aliphatic carbocycles. The lowest BCUT2D eigenvalue weighted by Crippen LogP contribution is -2.71. The maximum atomic E-state index is 12.6. The normalized spacial score (nSPS) is 48.2. The van der Waals surface area contributed by atoms with Crippen molar-refractivity contribution in [3.05, 3.63) is 0 Å². The van der Waals surface area contributed by atoms with E-state index in [0.29, 0.717) is 0 Å². The van der Waals surface area contributed by atoms with Crippen molar-refractivity contribution >= 4 is 17.7 Å². The highest BCUT2D eigenvalue weighted by Crippen LogP contribution is 2.37. The maximum absolute atomic E-state index is 12.6. The van der Waals surface area contributed by atoms with Crippen molar-refractivity contribution in [2.45, 2.75) is 205 Å². The van der Waals surface area contributed by atoms with Crippen LogP contribution in [0.5, 0.6) is 0 Å². The zero-order chi connectivity index (χ0) is 56.2. The van der Waals surface area contributed by atoms with Gasteiger partial charge in [0, 0.05) is 20.8 Å². The van der Waals surface area contributed by atoms with Gasteiger partial charge in [0.05, 0.1) is 39.6 Å². The number of aliphatic hydroxyl groups is 17. The molecule has 20 N–H and O–H groups in total. The third-order valence-corrected chi connectivity index (χ3v) is 13.6. The number of carbonyl (C=O) groups is 3. The molecule has 440 valence electrons. The van der Waals surface area contributed by atoms with E-state index < -0.39 is 241 Å². The van der Waals surface area contributed by atoms with Crippen LogP contribution in [0.2, 0.25) is 0 Å². The Morgan fingerprint density at radius 3 is 0.974 bits per heavy atom. The second-order valence-electron chi connectivity index (χ2n) is 19.0. The van der Waals surface area contributed by atoms with Crippen LogP contribution in [0.3, 0.4) is 0 Å². The van der Waals surface area contributed by atoms with Crippen LogP contribution in [0.15, 0.2) is 0 Å².